The SMILES string of the molecule is O=C(CCn1[nH]c(=O)c2ccccc2c1=O)Nc1ccc(NC(=O)NCc2ccco2)cc1. The first-order valence-corrected chi connectivity index (χ1v) is 10.2. The number of H-pyrrole nitrogens is 1. The van der Waals surface area contributed by atoms with Crippen molar-refractivity contribution in [3.63, 3.8) is 0 Å². The van der Waals surface area contributed by atoms with Crippen molar-refractivity contribution in [2.45, 2.75) is 19.5 Å². The van der Waals surface area contributed by atoms with Crippen molar-refractivity contribution < 1.29 is 14.0 Å². The molecule has 2 aromatic carbocycles. The Hall–Kier alpha value is -4.60. The van der Waals surface area contributed by atoms with Gasteiger partial charge in [-0.2, -0.15) is 0 Å². The van der Waals surface area contributed by atoms with Gasteiger partial charge in [0.2, 0.25) is 5.91 Å². The monoisotopic (exact) mass is 447 g/mol. The highest BCUT2D eigenvalue weighted by atomic mass is 16.3. The van der Waals surface area contributed by atoms with Crippen molar-refractivity contribution in [1.82, 2.24) is 15.1 Å². The number of aromatic nitrogens is 2. The smallest absolute Gasteiger partial charge is 0.319 e. The first-order valence-electron chi connectivity index (χ1n) is 10.2. The van der Waals surface area contributed by atoms with Crippen molar-refractivity contribution in [1.29, 1.82) is 0 Å². The number of aryl methyl sites for hydroxylation is 1. The fourth-order valence-corrected chi connectivity index (χ4v) is 3.23. The summed E-state index contributed by atoms with van der Waals surface area (Å²) in [6, 6.07) is 16.2. The molecule has 0 fully saturated rings. The van der Waals surface area contributed by atoms with Gasteiger partial charge in [0.05, 0.1) is 30.1 Å². The largest absolute Gasteiger partial charge is 0.467 e. The average Bonchev–Trinajstić information content (AvgIpc) is 3.34. The van der Waals surface area contributed by atoms with Gasteiger partial charge in [-0.05, 0) is 48.5 Å². The van der Waals surface area contributed by atoms with E-state index in [0.29, 0.717) is 27.9 Å². The van der Waals surface area contributed by atoms with Crippen LogP contribution < -0.4 is 27.1 Å². The Bertz CT molecular complexity index is 1390. The lowest BCUT2D eigenvalue weighted by molar-refractivity contribution is -0.116. The van der Waals surface area contributed by atoms with Gasteiger partial charge in [0.15, 0.2) is 0 Å². The number of rotatable bonds is 7. The maximum atomic E-state index is 12.5. The van der Waals surface area contributed by atoms with E-state index in [0.717, 1.165) is 4.68 Å². The van der Waals surface area contributed by atoms with Crippen molar-refractivity contribution in [3.8, 4) is 0 Å². The van der Waals surface area contributed by atoms with Crippen molar-refractivity contribution in [2.75, 3.05) is 10.6 Å². The number of carbonyl (C=O) groups is 2. The molecular formula is C23H21N5O5. The van der Waals surface area contributed by atoms with Crippen LogP contribution >= 0.6 is 0 Å². The molecule has 0 radical (unpaired) electrons. The molecule has 4 aromatic rings. The molecule has 0 saturated heterocycles. The van der Waals surface area contributed by atoms with Crippen LogP contribution in [0.25, 0.3) is 10.8 Å². The van der Waals surface area contributed by atoms with E-state index in [1.54, 1.807) is 60.7 Å². The summed E-state index contributed by atoms with van der Waals surface area (Å²) in [5, 5.41) is 11.2. The van der Waals surface area contributed by atoms with E-state index < -0.39 is 6.03 Å². The maximum Gasteiger partial charge on any atom is 0.319 e. The molecule has 4 N–H and O–H groups in total. The number of nitrogens with one attached hydrogen (secondary N) is 4. The number of furan rings is 1. The zero-order valence-corrected chi connectivity index (χ0v) is 17.5. The third-order valence-electron chi connectivity index (χ3n) is 4.88. The van der Waals surface area contributed by atoms with E-state index in [9.17, 15) is 19.2 Å². The lowest BCUT2D eigenvalue weighted by Crippen LogP contribution is -2.31. The fraction of sp³-hybridized carbons (Fsp3) is 0.130. The summed E-state index contributed by atoms with van der Waals surface area (Å²) < 4.78 is 6.28. The van der Waals surface area contributed by atoms with Crippen LogP contribution in [0.5, 0.6) is 0 Å². The van der Waals surface area contributed by atoms with Gasteiger partial charge in [0, 0.05) is 17.8 Å². The zero-order chi connectivity index (χ0) is 23.2. The number of nitrogens with zero attached hydrogens (tertiary/aromatic N) is 1. The minimum absolute atomic E-state index is 0.0105. The van der Waals surface area contributed by atoms with Gasteiger partial charge in [-0.3, -0.25) is 19.5 Å². The number of urea groups is 1. The first kappa shape index (κ1) is 21.6. The van der Waals surface area contributed by atoms with Gasteiger partial charge >= 0.3 is 6.03 Å². The number of hydrogen-bond acceptors (Lipinski definition) is 5. The Morgan fingerprint density at radius 2 is 1.58 bits per heavy atom. The molecule has 0 spiro atoms. The van der Waals surface area contributed by atoms with Gasteiger partial charge in [-0.15, -0.1) is 0 Å². The normalized spacial score (nSPS) is 10.7. The third-order valence-corrected chi connectivity index (χ3v) is 4.88. The van der Waals surface area contributed by atoms with Crippen LogP contribution in [-0.4, -0.2) is 21.7 Å². The third kappa shape index (κ3) is 5.37. The lowest BCUT2D eigenvalue weighted by Gasteiger charge is -2.10. The van der Waals surface area contributed by atoms with Crippen molar-refractivity contribution in [3.05, 3.63) is 93.4 Å². The molecule has 3 amide bonds. The molecule has 10 nitrogen and oxygen atoms in total. The molecule has 0 aliphatic carbocycles. The van der Waals surface area contributed by atoms with Gasteiger partial charge in [-0.25, -0.2) is 9.48 Å². The number of aromatic amines is 1. The summed E-state index contributed by atoms with van der Waals surface area (Å²) in [6.07, 6.45) is 1.52. The molecule has 2 aromatic heterocycles. The molecule has 0 bridgehead atoms. The second-order valence-electron chi connectivity index (χ2n) is 7.21. The Balaban J connectivity index is 1.30. The molecule has 4 rings (SSSR count). The first-order chi connectivity index (χ1) is 16.0. The molecule has 0 aliphatic heterocycles. The van der Waals surface area contributed by atoms with Crippen LogP contribution in [0.2, 0.25) is 0 Å². The molecular weight excluding hydrogens is 426 g/mol. The molecule has 168 valence electrons. The van der Waals surface area contributed by atoms with Crippen LogP contribution in [0.1, 0.15) is 12.2 Å². The number of fused-ring (bicyclic) bond motifs is 1. The molecule has 10 heteroatoms. The van der Waals surface area contributed by atoms with E-state index in [2.05, 4.69) is 21.0 Å². The standard InChI is InChI=1S/C23H21N5O5/c29-20(11-12-28-22(31)19-6-2-1-5-18(19)21(30)27-28)25-15-7-9-16(10-8-15)26-23(32)24-14-17-4-3-13-33-17/h1-10,13H,11-12,14H2,(H,25,29)(H,27,30)(H2,24,26,32). The summed E-state index contributed by atoms with van der Waals surface area (Å²) in [4.78, 5) is 48.9. The minimum atomic E-state index is -0.391. The minimum Gasteiger partial charge on any atom is -0.467 e. The van der Waals surface area contributed by atoms with E-state index in [1.165, 1.54) is 6.26 Å². The highest BCUT2D eigenvalue weighted by molar-refractivity contribution is 5.92. The van der Waals surface area contributed by atoms with E-state index in [4.69, 9.17) is 4.42 Å². The summed E-state index contributed by atoms with van der Waals surface area (Å²) in [5.74, 6) is 0.311. The van der Waals surface area contributed by atoms with E-state index in [-0.39, 0.29) is 36.5 Å². The highest BCUT2D eigenvalue weighted by Gasteiger charge is 2.09. The molecule has 0 unspecified atom stereocenters. The second-order valence-corrected chi connectivity index (χ2v) is 7.21. The summed E-state index contributed by atoms with van der Waals surface area (Å²) in [6.45, 7) is 0.290. The van der Waals surface area contributed by atoms with Crippen LogP contribution in [0, 0.1) is 0 Å². The molecule has 33 heavy (non-hydrogen) atoms. The van der Waals surface area contributed by atoms with E-state index >= 15 is 0 Å². The molecule has 0 saturated carbocycles. The number of amides is 3. The highest BCUT2D eigenvalue weighted by Crippen LogP contribution is 2.14. The van der Waals surface area contributed by atoms with E-state index in [1.807, 2.05) is 0 Å². The van der Waals surface area contributed by atoms with Gasteiger partial charge in [0.1, 0.15) is 5.76 Å². The Morgan fingerprint density at radius 3 is 2.27 bits per heavy atom. The second kappa shape index (κ2) is 9.69. The maximum absolute atomic E-state index is 12.5. The number of benzene rings is 2. The van der Waals surface area contributed by atoms with Gasteiger partial charge in [-0.1, -0.05) is 12.1 Å². The number of carbonyl (C=O) groups excluding carboxylic acids is 2. The van der Waals surface area contributed by atoms with Crippen molar-refractivity contribution in [2.24, 2.45) is 0 Å². The average molecular weight is 447 g/mol. The predicted octanol–water partition coefficient (Wildman–Crippen LogP) is 2.63. The fourth-order valence-electron chi connectivity index (χ4n) is 3.23. The lowest BCUT2D eigenvalue weighted by atomic mass is 10.2. The topological polar surface area (TPSA) is 138 Å². The molecule has 2 heterocycles. The Kier molecular flexibility index (Phi) is 6.35. The van der Waals surface area contributed by atoms with Crippen LogP contribution in [0.4, 0.5) is 16.2 Å². The summed E-state index contributed by atoms with van der Waals surface area (Å²) in [7, 11) is 0. The zero-order valence-electron chi connectivity index (χ0n) is 17.5. The Labute approximate surface area is 187 Å². The quantitative estimate of drug-likeness (QED) is 0.345. The summed E-state index contributed by atoms with van der Waals surface area (Å²) >= 11 is 0. The summed E-state index contributed by atoms with van der Waals surface area (Å²) in [5.41, 5.74) is 0.326. The Morgan fingerprint density at radius 1 is 0.879 bits per heavy atom. The number of anilines is 2. The van der Waals surface area contributed by atoms with Crippen molar-refractivity contribution >= 4 is 34.1 Å². The van der Waals surface area contributed by atoms with Crippen LogP contribution in [0.15, 0.2) is 80.9 Å². The predicted molar refractivity (Wildman–Crippen MR) is 123 cm³/mol. The van der Waals surface area contributed by atoms with Gasteiger partial charge in [0.25, 0.3) is 11.1 Å². The number of hydrogen-bond donors (Lipinski definition) is 4. The molecule has 0 aliphatic rings. The van der Waals surface area contributed by atoms with Gasteiger partial charge < -0.3 is 20.4 Å². The van der Waals surface area contributed by atoms with Crippen LogP contribution in [-0.2, 0) is 17.9 Å². The molecule has 0 atom stereocenters. The van der Waals surface area contributed by atoms with Crippen LogP contribution in [0.3, 0.4) is 0 Å².